The molecular formula is C14H14Br2O4. The molecule has 0 aliphatic heterocycles. The van der Waals surface area contributed by atoms with Gasteiger partial charge in [-0.15, -0.1) is 0 Å². The first kappa shape index (κ1) is 16.8. The molecule has 1 rings (SSSR count). The van der Waals surface area contributed by atoms with Gasteiger partial charge in [0.2, 0.25) is 0 Å². The first-order chi connectivity index (χ1) is 9.43. The van der Waals surface area contributed by atoms with Gasteiger partial charge in [0.25, 0.3) is 0 Å². The largest absolute Gasteiger partial charge is 0.490 e. The highest BCUT2D eigenvalue weighted by Gasteiger charge is 2.11. The third-order valence-corrected chi connectivity index (χ3v) is 2.94. The van der Waals surface area contributed by atoms with E-state index in [1.807, 2.05) is 6.92 Å². The van der Waals surface area contributed by atoms with Crippen molar-refractivity contribution in [1.82, 2.24) is 0 Å². The number of aliphatic carboxylic acids is 1. The predicted octanol–water partition coefficient (Wildman–Crippen LogP) is 4.23. The SMILES string of the molecule is C=C(Br)COc1c(Br)cc(/C=C/C(=O)O)cc1OCC. The molecule has 108 valence electrons. The lowest BCUT2D eigenvalue weighted by Gasteiger charge is -2.14. The Hall–Kier alpha value is -1.27. The maximum atomic E-state index is 10.5. The van der Waals surface area contributed by atoms with E-state index in [0.29, 0.717) is 39.2 Å². The average Bonchev–Trinajstić information content (AvgIpc) is 2.35. The van der Waals surface area contributed by atoms with Gasteiger partial charge in [-0.2, -0.15) is 0 Å². The van der Waals surface area contributed by atoms with Crippen LogP contribution in [0.1, 0.15) is 12.5 Å². The summed E-state index contributed by atoms with van der Waals surface area (Å²) < 4.78 is 12.5. The van der Waals surface area contributed by atoms with Crippen molar-refractivity contribution in [2.24, 2.45) is 0 Å². The fraction of sp³-hybridized carbons (Fsp3) is 0.214. The molecule has 4 nitrogen and oxygen atoms in total. The number of rotatable bonds is 7. The Labute approximate surface area is 134 Å². The molecule has 1 aromatic rings. The molecule has 0 saturated heterocycles. The van der Waals surface area contributed by atoms with E-state index in [0.717, 1.165) is 6.08 Å². The van der Waals surface area contributed by atoms with Crippen LogP contribution in [-0.2, 0) is 4.79 Å². The summed E-state index contributed by atoms with van der Waals surface area (Å²) in [7, 11) is 0. The highest BCUT2D eigenvalue weighted by atomic mass is 79.9. The van der Waals surface area contributed by atoms with Crippen LogP contribution in [0.5, 0.6) is 11.5 Å². The van der Waals surface area contributed by atoms with Crippen molar-refractivity contribution in [3.63, 3.8) is 0 Å². The minimum atomic E-state index is -1.00. The number of ether oxygens (including phenoxy) is 2. The summed E-state index contributed by atoms with van der Waals surface area (Å²) in [4.78, 5) is 10.5. The van der Waals surface area contributed by atoms with Gasteiger partial charge in [-0.3, -0.25) is 0 Å². The van der Waals surface area contributed by atoms with Gasteiger partial charge in [0.05, 0.1) is 11.1 Å². The highest BCUT2D eigenvalue weighted by Crippen LogP contribution is 2.37. The quantitative estimate of drug-likeness (QED) is 0.689. The monoisotopic (exact) mass is 404 g/mol. The molecule has 0 heterocycles. The molecule has 0 unspecified atom stereocenters. The van der Waals surface area contributed by atoms with Gasteiger partial charge in [0, 0.05) is 10.6 Å². The first-order valence-electron chi connectivity index (χ1n) is 5.77. The minimum Gasteiger partial charge on any atom is -0.490 e. The fourth-order valence-corrected chi connectivity index (χ4v) is 2.09. The van der Waals surface area contributed by atoms with E-state index < -0.39 is 5.97 Å². The van der Waals surface area contributed by atoms with E-state index in [1.165, 1.54) is 6.08 Å². The molecule has 1 aromatic carbocycles. The predicted molar refractivity (Wildman–Crippen MR) is 85.5 cm³/mol. The summed E-state index contributed by atoms with van der Waals surface area (Å²) >= 11 is 6.62. The number of hydrogen-bond donors (Lipinski definition) is 1. The van der Waals surface area contributed by atoms with E-state index >= 15 is 0 Å². The summed E-state index contributed by atoms with van der Waals surface area (Å²) in [5.41, 5.74) is 0.702. The molecule has 0 amide bonds. The summed E-state index contributed by atoms with van der Waals surface area (Å²) in [6, 6.07) is 3.48. The van der Waals surface area contributed by atoms with Crippen LogP contribution in [-0.4, -0.2) is 24.3 Å². The van der Waals surface area contributed by atoms with E-state index in [9.17, 15) is 4.79 Å². The number of carboxylic acid groups (broad SMARTS) is 1. The van der Waals surface area contributed by atoms with Gasteiger partial charge in [0.15, 0.2) is 11.5 Å². The Morgan fingerprint density at radius 1 is 1.45 bits per heavy atom. The normalized spacial score (nSPS) is 10.6. The number of halogens is 2. The fourth-order valence-electron chi connectivity index (χ4n) is 1.41. The third-order valence-electron chi connectivity index (χ3n) is 2.12. The lowest BCUT2D eigenvalue weighted by atomic mass is 10.2. The molecule has 0 radical (unpaired) electrons. The molecule has 20 heavy (non-hydrogen) atoms. The van der Waals surface area contributed by atoms with Crippen molar-refractivity contribution < 1.29 is 19.4 Å². The smallest absolute Gasteiger partial charge is 0.328 e. The Bertz CT molecular complexity index is 538. The number of carboxylic acids is 1. The molecule has 0 aliphatic carbocycles. The number of hydrogen-bond acceptors (Lipinski definition) is 3. The van der Waals surface area contributed by atoms with Gasteiger partial charge in [-0.1, -0.05) is 22.5 Å². The van der Waals surface area contributed by atoms with Gasteiger partial charge in [-0.05, 0) is 46.6 Å². The van der Waals surface area contributed by atoms with Crippen LogP contribution in [0.15, 0.2) is 33.7 Å². The molecule has 0 spiro atoms. The molecule has 0 atom stereocenters. The summed E-state index contributed by atoms with van der Waals surface area (Å²) in [5, 5.41) is 8.65. The molecule has 0 bridgehead atoms. The van der Waals surface area contributed by atoms with Gasteiger partial charge in [0.1, 0.15) is 6.61 Å². The van der Waals surface area contributed by atoms with Crippen molar-refractivity contribution in [1.29, 1.82) is 0 Å². The Balaban J connectivity index is 3.10. The number of carbonyl (C=O) groups is 1. The van der Waals surface area contributed by atoms with E-state index in [4.69, 9.17) is 14.6 Å². The van der Waals surface area contributed by atoms with Crippen molar-refractivity contribution in [3.8, 4) is 11.5 Å². The zero-order valence-electron chi connectivity index (χ0n) is 10.9. The topological polar surface area (TPSA) is 55.8 Å². The highest BCUT2D eigenvalue weighted by molar-refractivity contribution is 9.11. The second kappa shape index (κ2) is 8.11. The Kier molecular flexibility index (Phi) is 6.81. The number of benzene rings is 1. The Morgan fingerprint density at radius 3 is 2.70 bits per heavy atom. The Morgan fingerprint density at radius 2 is 2.15 bits per heavy atom. The van der Waals surface area contributed by atoms with Crippen molar-refractivity contribution in [2.75, 3.05) is 13.2 Å². The minimum absolute atomic E-state index is 0.309. The van der Waals surface area contributed by atoms with Crippen molar-refractivity contribution in [2.45, 2.75) is 6.92 Å². The first-order valence-corrected chi connectivity index (χ1v) is 7.36. The zero-order valence-corrected chi connectivity index (χ0v) is 14.0. The van der Waals surface area contributed by atoms with Crippen LogP contribution in [0.3, 0.4) is 0 Å². The average molecular weight is 406 g/mol. The third kappa shape index (κ3) is 5.38. The van der Waals surface area contributed by atoms with E-state index in [2.05, 4.69) is 38.4 Å². The zero-order chi connectivity index (χ0) is 15.1. The lowest BCUT2D eigenvalue weighted by Crippen LogP contribution is -2.01. The maximum Gasteiger partial charge on any atom is 0.328 e. The van der Waals surface area contributed by atoms with E-state index in [-0.39, 0.29) is 0 Å². The second-order valence-corrected chi connectivity index (χ2v) is 5.72. The van der Waals surface area contributed by atoms with Crippen LogP contribution in [0.4, 0.5) is 0 Å². The summed E-state index contributed by atoms with van der Waals surface area (Å²) in [5.74, 6) is 0.0931. The van der Waals surface area contributed by atoms with Crippen LogP contribution < -0.4 is 9.47 Å². The summed E-state index contributed by atoms with van der Waals surface area (Å²) in [6.45, 7) is 6.35. The van der Waals surface area contributed by atoms with Gasteiger partial charge < -0.3 is 14.6 Å². The van der Waals surface area contributed by atoms with Crippen LogP contribution in [0, 0.1) is 0 Å². The molecule has 0 aliphatic rings. The van der Waals surface area contributed by atoms with Crippen LogP contribution in [0.25, 0.3) is 6.08 Å². The van der Waals surface area contributed by atoms with E-state index in [1.54, 1.807) is 12.1 Å². The molecular weight excluding hydrogens is 392 g/mol. The van der Waals surface area contributed by atoms with Crippen molar-refractivity contribution >= 4 is 43.9 Å². The van der Waals surface area contributed by atoms with Crippen LogP contribution >= 0.6 is 31.9 Å². The molecule has 0 fully saturated rings. The van der Waals surface area contributed by atoms with Gasteiger partial charge in [-0.25, -0.2) is 4.79 Å². The van der Waals surface area contributed by atoms with Crippen molar-refractivity contribution in [3.05, 3.63) is 39.3 Å². The molecule has 0 aromatic heterocycles. The molecule has 1 N–H and O–H groups in total. The second-order valence-electron chi connectivity index (χ2n) is 3.74. The lowest BCUT2D eigenvalue weighted by molar-refractivity contribution is -0.131. The molecule has 0 saturated carbocycles. The molecule has 6 heteroatoms. The standard InChI is InChI=1S/C14H14Br2O4/c1-3-19-12-7-10(4-5-13(17)18)6-11(16)14(12)20-8-9(2)15/h4-7H,2-3,8H2,1H3,(H,17,18)/b5-4+. The summed E-state index contributed by atoms with van der Waals surface area (Å²) in [6.07, 6.45) is 2.56. The maximum absolute atomic E-state index is 10.5. The van der Waals surface area contributed by atoms with Crippen LogP contribution in [0.2, 0.25) is 0 Å². The van der Waals surface area contributed by atoms with Gasteiger partial charge >= 0.3 is 5.97 Å².